The average Bonchev–Trinajstić information content (AvgIpc) is 2.74. The van der Waals surface area contributed by atoms with Gasteiger partial charge in [0.05, 0.1) is 11.8 Å². The number of aldehydes is 1. The molecule has 3 atom stereocenters. The standard InChI is InChI=1S/C12H17NO4S/c1-11(2)8-3-4-12(11)7-18(16,17)13(9(12)5-8)10(15)6-14/h6,8-9H,3-5,7H2,1-2H3/t8-,9-,12-/m0/s1. The van der Waals surface area contributed by atoms with E-state index in [9.17, 15) is 18.0 Å². The zero-order chi connectivity index (χ0) is 13.3. The summed E-state index contributed by atoms with van der Waals surface area (Å²) in [5.74, 6) is -0.423. The Bertz CT molecular complexity index is 538. The predicted molar refractivity (Wildman–Crippen MR) is 64.0 cm³/mol. The molecule has 0 aromatic rings. The Balaban J connectivity index is 2.14. The van der Waals surface area contributed by atoms with Crippen LogP contribution in [0.3, 0.4) is 0 Å². The maximum atomic E-state index is 12.2. The van der Waals surface area contributed by atoms with Crippen LogP contribution in [0.1, 0.15) is 33.1 Å². The Hall–Kier alpha value is -0.910. The lowest BCUT2D eigenvalue weighted by Gasteiger charge is -2.36. The Morgan fingerprint density at radius 1 is 1.39 bits per heavy atom. The quantitative estimate of drug-likeness (QED) is 0.516. The fourth-order valence-electron chi connectivity index (χ4n) is 4.63. The van der Waals surface area contributed by atoms with Crippen molar-refractivity contribution in [1.82, 2.24) is 4.31 Å². The first-order valence-electron chi connectivity index (χ1n) is 6.27. The number of fused-ring (bicyclic) bond motifs is 1. The van der Waals surface area contributed by atoms with E-state index < -0.39 is 15.9 Å². The molecule has 1 aliphatic heterocycles. The van der Waals surface area contributed by atoms with Gasteiger partial charge >= 0.3 is 0 Å². The van der Waals surface area contributed by atoms with Gasteiger partial charge in [0.1, 0.15) is 0 Å². The molecule has 5 nitrogen and oxygen atoms in total. The van der Waals surface area contributed by atoms with Crippen molar-refractivity contribution in [2.75, 3.05) is 5.75 Å². The zero-order valence-electron chi connectivity index (χ0n) is 10.5. The third-order valence-corrected chi connectivity index (χ3v) is 7.64. The van der Waals surface area contributed by atoms with Gasteiger partial charge in [-0.15, -0.1) is 0 Å². The molecule has 1 amide bonds. The lowest BCUT2D eigenvalue weighted by atomic mass is 9.69. The topological polar surface area (TPSA) is 71.5 Å². The molecule has 18 heavy (non-hydrogen) atoms. The third kappa shape index (κ3) is 1.10. The van der Waals surface area contributed by atoms with E-state index in [-0.39, 0.29) is 28.9 Å². The molecule has 2 bridgehead atoms. The van der Waals surface area contributed by atoms with Gasteiger partial charge in [-0.3, -0.25) is 9.59 Å². The highest BCUT2D eigenvalue weighted by molar-refractivity contribution is 7.90. The molecule has 0 aromatic heterocycles. The van der Waals surface area contributed by atoms with Crippen molar-refractivity contribution in [3.05, 3.63) is 0 Å². The summed E-state index contributed by atoms with van der Waals surface area (Å²) >= 11 is 0. The molecule has 1 saturated heterocycles. The minimum atomic E-state index is -3.62. The van der Waals surface area contributed by atoms with Gasteiger partial charge in [-0.05, 0) is 30.6 Å². The number of hydrogen-bond donors (Lipinski definition) is 0. The van der Waals surface area contributed by atoms with E-state index in [2.05, 4.69) is 13.8 Å². The number of rotatable bonds is 1. The van der Waals surface area contributed by atoms with Crippen LogP contribution in [0.15, 0.2) is 0 Å². The number of nitrogens with zero attached hydrogens (tertiary/aromatic N) is 1. The molecule has 0 radical (unpaired) electrons. The Morgan fingerprint density at radius 3 is 2.61 bits per heavy atom. The van der Waals surface area contributed by atoms with Crippen molar-refractivity contribution >= 4 is 22.2 Å². The highest BCUT2D eigenvalue weighted by Gasteiger charge is 2.72. The molecule has 1 spiro atoms. The summed E-state index contributed by atoms with van der Waals surface area (Å²) < 4.78 is 25.3. The highest BCUT2D eigenvalue weighted by atomic mass is 32.2. The van der Waals surface area contributed by atoms with Crippen molar-refractivity contribution in [1.29, 1.82) is 0 Å². The zero-order valence-corrected chi connectivity index (χ0v) is 11.4. The maximum Gasteiger partial charge on any atom is 0.300 e. The molecule has 3 aliphatic rings. The van der Waals surface area contributed by atoms with Crippen LogP contribution in [0.2, 0.25) is 0 Å². The van der Waals surface area contributed by atoms with E-state index in [4.69, 9.17) is 0 Å². The number of carbonyl (C=O) groups is 2. The van der Waals surface area contributed by atoms with Crippen LogP contribution in [0.25, 0.3) is 0 Å². The summed E-state index contributed by atoms with van der Waals surface area (Å²) in [4.78, 5) is 22.3. The first-order valence-corrected chi connectivity index (χ1v) is 7.88. The van der Waals surface area contributed by atoms with E-state index in [1.807, 2.05) is 0 Å². The van der Waals surface area contributed by atoms with Crippen LogP contribution in [-0.2, 0) is 19.6 Å². The van der Waals surface area contributed by atoms with Gasteiger partial charge in [-0.25, -0.2) is 12.7 Å². The second-order valence-electron chi connectivity index (χ2n) is 6.37. The van der Waals surface area contributed by atoms with Crippen molar-refractivity contribution in [3.63, 3.8) is 0 Å². The van der Waals surface area contributed by atoms with Gasteiger partial charge in [-0.2, -0.15) is 0 Å². The van der Waals surface area contributed by atoms with Crippen molar-refractivity contribution in [2.24, 2.45) is 16.7 Å². The number of sulfonamides is 1. The SMILES string of the molecule is CC1(C)[C@H]2CC[C@@]13CS(=O)(=O)N(C(=O)C=O)[C@H]3C2. The minimum Gasteiger partial charge on any atom is -0.292 e. The van der Waals surface area contributed by atoms with Crippen LogP contribution in [0, 0.1) is 16.7 Å². The summed E-state index contributed by atoms with van der Waals surface area (Å²) in [5, 5.41) is 0. The molecule has 3 rings (SSSR count). The second-order valence-corrected chi connectivity index (χ2v) is 8.22. The van der Waals surface area contributed by atoms with E-state index in [1.165, 1.54) is 0 Å². The number of hydrogen-bond acceptors (Lipinski definition) is 4. The van der Waals surface area contributed by atoms with Gasteiger partial charge in [-0.1, -0.05) is 13.8 Å². The molecule has 6 heteroatoms. The van der Waals surface area contributed by atoms with Gasteiger partial charge in [0, 0.05) is 5.41 Å². The van der Waals surface area contributed by atoms with E-state index >= 15 is 0 Å². The summed E-state index contributed by atoms with van der Waals surface area (Å²) in [6.45, 7) is 4.21. The minimum absolute atomic E-state index is 0.0216. The second kappa shape index (κ2) is 3.15. The monoisotopic (exact) mass is 271 g/mol. The lowest BCUT2D eigenvalue weighted by molar-refractivity contribution is -0.137. The lowest BCUT2D eigenvalue weighted by Crippen LogP contribution is -2.44. The number of amides is 1. The van der Waals surface area contributed by atoms with Crippen LogP contribution >= 0.6 is 0 Å². The van der Waals surface area contributed by atoms with E-state index in [1.54, 1.807) is 0 Å². The van der Waals surface area contributed by atoms with E-state index in [0.717, 1.165) is 17.1 Å². The molecule has 3 fully saturated rings. The molecular formula is C12H17NO4S. The Morgan fingerprint density at radius 2 is 2.06 bits per heavy atom. The van der Waals surface area contributed by atoms with Gasteiger partial charge < -0.3 is 0 Å². The molecular weight excluding hydrogens is 254 g/mol. The highest BCUT2D eigenvalue weighted by Crippen LogP contribution is 2.69. The molecule has 100 valence electrons. The van der Waals surface area contributed by atoms with Gasteiger partial charge in [0.15, 0.2) is 0 Å². The fraction of sp³-hybridized carbons (Fsp3) is 0.833. The molecule has 0 aromatic carbocycles. The summed E-state index contributed by atoms with van der Waals surface area (Å²) in [6, 6.07) is -0.297. The molecule has 1 heterocycles. The first-order chi connectivity index (χ1) is 8.26. The fourth-order valence-corrected chi connectivity index (χ4v) is 7.12. The van der Waals surface area contributed by atoms with E-state index in [0.29, 0.717) is 12.3 Å². The normalized spacial score (nSPS) is 42.9. The van der Waals surface area contributed by atoms with Crippen LogP contribution in [0.5, 0.6) is 0 Å². The van der Waals surface area contributed by atoms with Gasteiger partial charge in [0.2, 0.25) is 16.3 Å². The van der Waals surface area contributed by atoms with Crippen LogP contribution in [0.4, 0.5) is 0 Å². The third-order valence-electron chi connectivity index (χ3n) is 5.73. The largest absolute Gasteiger partial charge is 0.300 e. The van der Waals surface area contributed by atoms with Crippen molar-refractivity contribution in [2.45, 2.75) is 39.2 Å². The Kier molecular flexibility index (Phi) is 2.13. The molecule has 2 aliphatic carbocycles. The summed E-state index contributed by atoms with van der Waals surface area (Å²) in [7, 11) is -3.62. The van der Waals surface area contributed by atoms with Crippen LogP contribution in [-0.4, -0.2) is 36.7 Å². The van der Waals surface area contributed by atoms with Gasteiger partial charge in [0.25, 0.3) is 5.91 Å². The molecule has 0 unspecified atom stereocenters. The predicted octanol–water partition coefficient (Wildman–Crippen LogP) is 0.552. The summed E-state index contributed by atoms with van der Waals surface area (Å²) in [6.07, 6.45) is 2.71. The first kappa shape index (κ1) is 12.1. The average molecular weight is 271 g/mol. The molecule has 2 saturated carbocycles. The Labute approximate surface area is 107 Å². The number of carbonyl (C=O) groups excluding carboxylic acids is 2. The van der Waals surface area contributed by atoms with Crippen molar-refractivity contribution < 1.29 is 18.0 Å². The molecule has 0 N–H and O–H groups in total. The van der Waals surface area contributed by atoms with Crippen LogP contribution < -0.4 is 0 Å². The smallest absolute Gasteiger partial charge is 0.292 e. The summed E-state index contributed by atoms with van der Waals surface area (Å²) in [5.41, 5.74) is -0.405. The van der Waals surface area contributed by atoms with Crippen molar-refractivity contribution in [3.8, 4) is 0 Å². The maximum absolute atomic E-state index is 12.2.